The Hall–Kier alpha value is -1.58. The zero-order valence-electron chi connectivity index (χ0n) is 10.1. The predicted octanol–water partition coefficient (Wildman–Crippen LogP) is 2.77. The minimum atomic E-state index is -0.936. The molecule has 1 aliphatic carbocycles. The molecule has 1 heterocycles. The van der Waals surface area contributed by atoms with Crippen LogP contribution in [0, 0.1) is 5.41 Å². The maximum Gasteiger partial charge on any atom is 0.337 e. The van der Waals surface area contributed by atoms with Gasteiger partial charge in [-0.3, -0.25) is 0 Å². The van der Waals surface area contributed by atoms with Crippen LogP contribution in [0.5, 0.6) is 0 Å². The molecule has 0 amide bonds. The molecule has 0 atom stereocenters. The fourth-order valence-corrected chi connectivity index (χ4v) is 2.13. The van der Waals surface area contributed by atoms with E-state index in [1.165, 1.54) is 31.9 Å². The molecule has 0 radical (unpaired) electrons. The Kier molecular flexibility index (Phi) is 3.31. The smallest absolute Gasteiger partial charge is 0.337 e. The molecule has 0 bridgehead atoms. The van der Waals surface area contributed by atoms with Crippen LogP contribution in [0.4, 0.5) is 5.82 Å². The number of carboxylic acids is 1. The van der Waals surface area contributed by atoms with E-state index in [2.05, 4.69) is 17.2 Å². The number of hydrogen-bond acceptors (Lipinski definition) is 3. The van der Waals surface area contributed by atoms with Crippen molar-refractivity contribution in [3.8, 4) is 0 Å². The van der Waals surface area contributed by atoms with Crippen LogP contribution in [0.2, 0.25) is 0 Å². The Bertz CT molecular complexity index is 396. The van der Waals surface area contributed by atoms with E-state index in [0.29, 0.717) is 5.41 Å². The maximum atomic E-state index is 10.7. The summed E-state index contributed by atoms with van der Waals surface area (Å²) in [5, 5.41) is 12.0. The van der Waals surface area contributed by atoms with Gasteiger partial charge in [0.1, 0.15) is 5.82 Å². The Morgan fingerprint density at radius 3 is 2.76 bits per heavy atom. The number of anilines is 1. The first-order valence-electron chi connectivity index (χ1n) is 6.08. The molecular formula is C13H18N2O2. The van der Waals surface area contributed by atoms with Crippen LogP contribution in [-0.2, 0) is 0 Å². The van der Waals surface area contributed by atoms with E-state index in [-0.39, 0.29) is 5.56 Å². The van der Waals surface area contributed by atoms with Crippen molar-refractivity contribution in [1.29, 1.82) is 0 Å². The van der Waals surface area contributed by atoms with Crippen LogP contribution in [0.3, 0.4) is 0 Å². The SMILES string of the molecule is CCCC1(CNc2ccc(C(=O)O)cn2)CC1. The summed E-state index contributed by atoms with van der Waals surface area (Å²) < 4.78 is 0. The molecule has 17 heavy (non-hydrogen) atoms. The molecule has 1 saturated carbocycles. The minimum absolute atomic E-state index is 0.227. The minimum Gasteiger partial charge on any atom is -0.478 e. The highest BCUT2D eigenvalue weighted by Crippen LogP contribution is 2.49. The van der Waals surface area contributed by atoms with Gasteiger partial charge in [0.15, 0.2) is 0 Å². The number of hydrogen-bond donors (Lipinski definition) is 2. The highest BCUT2D eigenvalue weighted by molar-refractivity contribution is 5.87. The molecule has 1 aromatic rings. The highest BCUT2D eigenvalue weighted by Gasteiger charge is 2.41. The van der Waals surface area contributed by atoms with E-state index in [4.69, 9.17) is 5.11 Å². The number of aromatic carboxylic acids is 1. The summed E-state index contributed by atoms with van der Waals surface area (Å²) >= 11 is 0. The van der Waals surface area contributed by atoms with Crippen molar-refractivity contribution in [2.24, 2.45) is 5.41 Å². The fraction of sp³-hybridized carbons (Fsp3) is 0.538. The predicted molar refractivity (Wildman–Crippen MR) is 66.3 cm³/mol. The number of nitrogens with one attached hydrogen (secondary N) is 1. The zero-order valence-corrected chi connectivity index (χ0v) is 10.1. The van der Waals surface area contributed by atoms with E-state index >= 15 is 0 Å². The van der Waals surface area contributed by atoms with Crippen LogP contribution in [0.15, 0.2) is 18.3 Å². The van der Waals surface area contributed by atoms with Crippen molar-refractivity contribution >= 4 is 11.8 Å². The second-order valence-corrected chi connectivity index (χ2v) is 4.84. The van der Waals surface area contributed by atoms with Gasteiger partial charge in [-0.25, -0.2) is 9.78 Å². The zero-order chi connectivity index (χ0) is 12.3. The van der Waals surface area contributed by atoms with Gasteiger partial charge in [-0.05, 0) is 36.8 Å². The van der Waals surface area contributed by atoms with Crippen molar-refractivity contribution < 1.29 is 9.90 Å². The fourth-order valence-electron chi connectivity index (χ4n) is 2.13. The lowest BCUT2D eigenvalue weighted by Gasteiger charge is -2.15. The Morgan fingerprint density at radius 2 is 2.29 bits per heavy atom. The summed E-state index contributed by atoms with van der Waals surface area (Å²) in [7, 11) is 0. The van der Waals surface area contributed by atoms with Gasteiger partial charge in [-0.15, -0.1) is 0 Å². The molecule has 0 aromatic carbocycles. The van der Waals surface area contributed by atoms with Gasteiger partial charge in [-0.2, -0.15) is 0 Å². The standard InChI is InChI=1S/C13H18N2O2/c1-2-5-13(6-7-13)9-15-11-4-3-10(8-14-11)12(16)17/h3-4,8H,2,5-7,9H2,1H3,(H,14,15)(H,16,17). The number of rotatable bonds is 6. The van der Waals surface area contributed by atoms with Crippen LogP contribution in [-0.4, -0.2) is 22.6 Å². The molecule has 92 valence electrons. The second kappa shape index (κ2) is 4.73. The van der Waals surface area contributed by atoms with Gasteiger partial charge in [-0.1, -0.05) is 13.3 Å². The number of pyridine rings is 1. The number of carboxylic acid groups (broad SMARTS) is 1. The molecule has 4 nitrogen and oxygen atoms in total. The molecular weight excluding hydrogens is 216 g/mol. The first-order chi connectivity index (χ1) is 8.15. The van der Waals surface area contributed by atoms with Crippen molar-refractivity contribution in [2.45, 2.75) is 32.6 Å². The number of aromatic nitrogens is 1. The van der Waals surface area contributed by atoms with E-state index in [1.54, 1.807) is 12.1 Å². The summed E-state index contributed by atoms with van der Waals surface area (Å²) in [6.07, 6.45) is 6.45. The van der Waals surface area contributed by atoms with E-state index in [1.807, 2.05) is 0 Å². The monoisotopic (exact) mass is 234 g/mol. The molecule has 1 aliphatic rings. The first-order valence-corrected chi connectivity index (χ1v) is 6.08. The van der Waals surface area contributed by atoms with E-state index in [0.717, 1.165) is 12.4 Å². The lowest BCUT2D eigenvalue weighted by molar-refractivity contribution is 0.0696. The van der Waals surface area contributed by atoms with Gasteiger partial charge in [0.2, 0.25) is 0 Å². The number of nitrogens with zero attached hydrogens (tertiary/aromatic N) is 1. The summed E-state index contributed by atoms with van der Waals surface area (Å²) in [4.78, 5) is 14.8. The third-order valence-electron chi connectivity index (χ3n) is 3.39. The van der Waals surface area contributed by atoms with Crippen LogP contribution < -0.4 is 5.32 Å². The highest BCUT2D eigenvalue weighted by atomic mass is 16.4. The quantitative estimate of drug-likeness (QED) is 0.794. The van der Waals surface area contributed by atoms with Gasteiger partial charge in [0, 0.05) is 12.7 Å². The normalized spacial score (nSPS) is 16.5. The molecule has 2 rings (SSSR count). The third-order valence-corrected chi connectivity index (χ3v) is 3.39. The third kappa shape index (κ3) is 2.96. The molecule has 2 N–H and O–H groups in total. The summed E-state index contributed by atoms with van der Waals surface area (Å²) in [6.45, 7) is 3.15. The van der Waals surface area contributed by atoms with E-state index in [9.17, 15) is 4.79 Å². The van der Waals surface area contributed by atoms with Crippen LogP contribution >= 0.6 is 0 Å². The molecule has 1 fully saturated rings. The molecule has 0 unspecified atom stereocenters. The summed E-state index contributed by atoms with van der Waals surface area (Å²) in [5.41, 5.74) is 0.701. The van der Waals surface area contributed by atoms with Crippen molar-refractivity contribution in [1.82, 2.24) is 4.98 Å². The average Bonchev–Trinajstić information content (AvgIpc) is 3.08. The van der Waals surface area contributed by atoms with Gasteiger partial charge in [0.05, 0.1) is 5.56 Å². The summed E-state index contributed by atoms with van der Waals surface area (Å²) in [5.74, 6) is -0.175. The maximum absolute atomic E-state index is 10.7. The number of carbonyl (C=O) groups is 1. The van der Waals surface area contributed by atoms with Crippen LogP contribution in [0.1, 0.15) is 43.0 Å². The van der Waals surface area contributed by atoms with Crippen molar-refractivity contribution in [3.05, 3.63) is 23.9 Å². The Balaban J connectivity index is 1.89. The molecule has 0 aliphatic heterocycles. The van der Waals surface area contributed by atoms with Gasteiger partial charge < -0.3 is 10.4 Å². The lowest BCUT2D eigenvalue weighted by Crippen LogP contribution is -2.16. The molecule has 4 heteroatoms. The molecule has 0 spiro atoms. The average molecular weight is 234 g/mol. The largest absolute Gasteiger partial charge is 0.478 e. The lowest BCUT2D eigenvalue weighted by atomic mass is 10.0. The topological polar surface area (TPSA) is 62.2 Å². The molecule has 1 aromatic heterocycles. The Labute approximate surface area is 101 Å². The van der Waals surface area contributed by atoms with E-state index < -0.39 is 5.97 Å². The van der Waals surface area contributed by atoms with Crippen molar-refractivity contribution in [3.63, 3.8) is 0 Å². The Morgan fingerprint density at radius 1 is 1.53 bits per heavy atom. The summed E-state index contributed by atoms with van der Waals surface area (Å²) in [6, 6.07) is 3.31. The van der Waals surface area contributed by atoms with Crippen LogP contribution in [0.25, 0.3) is 0 Å². The molecule has 0 saturated heterocycles. The van der Waals surface area contributed by atoms with Gasteiger partial charge in [0.25, 0.3) is 0 Å². The first kappa shape index (κ1) is 11.9. The van der Waals surface area contributed by atoms with Crippen molar-refractivity contribution in [2.75, 3.05) is 11.9 Å². The second-order valence-electron chi connectivity index (χ2n) is 4.84. The van der Waals surface area contributed by atoms with Gasteiger partial charge >= 0.3 is 5.97 Å².